The Balaban J connectivity index is 1.73. The first kappa shape index (κ1) is 31.6. The SMILES string of the molecule is CC[C@H](C)[C@@H](CON(CC(=O)N[C@@H](CCSC)C(=O)OC)Cc1cccc2ccccc12)NCCc1cnc[nH]1. The number of benzene rings is 2. The van der Waals surface area contributed by atoms with E-state index in [0.29, 0.717) is 25.5 Å². The Morgan fingerprint density at radius 3 is 2.70 bits per heavy atom. The molecule has 40 heavy (non-hydrogen) atoms. The minimum atomic E-state index is -0.693. The van der Waals surface area contributed by atoms with Crippen LogP contribution in [-0.2, 0) is 32.1 Å². The van der Waals surface area contributed by atoms with E-state index in [-0.39, 0.29) is 18.5 Å². The number of carbonyl (C=O) groups is 2. The lowest BCUT2D eigenvalue weighted by Crippen LogP contribution is -2.47. The second-order valence-corrected chi connectivity index (χ2v) is 10.9. The lowest BCUT2D eigenvalue weighted by atomic mass is 10.00. The number of carbonyl (C=O) groups excluding carboxylic acids is 2. The van der Waals surface area contributed by atoms with Crippen molar-refractivity contribution in [3.63, 3.8) is 0 Å². The van der Waals surface area contributed by atoms with Crippen LogP contribution in [-0.4, -0.2) is 77.8 Å². The number of hydroxylamine groups is 2. The van der Waals surface area contributed by atoms with E-state index < -0.39 is 12.0 Å². The molecule has 3 N–H and O–H groups in total. The maximum absolute atomic E-state index is 13.2. The van der Waals surface area contributed by atoms with Gasteiger partial charge in [-0.1, -0.05) is 62.7 Å². The fraction of sp³-hybridized carbons (Fsp3) is 0.500. The van der Waals surface area contributed by atoms with Crippen molar-refractivity contribution < 1.29 is 19.2 Å². The quantitative estimate of drug-likeness (QED) is 0.156. The molecule has 9 nitrogen and oxygen atoms in total. The number of rotatable bonds is 18. The first-order chi connectivity index (χ1) is 19.4. The van der Waals surface area contributed by atoms with Crippen molar-refractivity contribution >= 4 is 34.4 Å². The molecular formula is C30H43N5O4S. The predicted octanol–water partition coefficient (Wildman–Crippen LogP) is 3.95. The zero-order valence-corrected chi connectivity index (χ0v) is 24.8. The Bertz CT molecular complexity index is 1170. The summed E-state index contributed by atoms with van der Waals surface area (Å²) in [5, 5.41) is 10.4. The third kappa shape index (κ3) is 9.92. The first-order valence-electron chi connectivity index (χ1n) is 13.9. The average molecular weight is 570 g/mol. The van der Waals surface area contributed by atoms with Crippen LogP contribution in [0.25, 0.3) is 10.8 Å². The maximum Gasteiger partial charge on any atom is 0.328 e. The van der Waals surface area contributed by atoms with Gasteiger partial charge in [0, 0.05) is 30.9 Å². The Kier molecular flexibility index (Phi) is 13.4. The highest BCUT2D eigenvalue weighted by atomic mass is 32.2. The van der Waals surface area contributed by atoms with E-state index in [1.54, 1.807) is 23.2 Å². The number of thioether (sulfide) groups is 1. The first-order valence-corrected chi connectivity index (χ1v) is 15.3. The summed E-state index contributed by atoms with van der Waals surface area (Å²) in [5.41, 5.74) is 2.14. The van der Waals surface area contributed by atoms with Gasteiger partial charge in [0.05, 0.1) is 26.6 Å². The molecule has 2 aromatic carbocycles. The number of amides is 1. The van der Waals surface area contributed by atoms with Crippen molar-refractivity contribution in [3.8, 4) is 0 Å². The highest BCUT2D eigenvalue weighted by molar-refractivity contribution is 7.98. The fourth-order valence-electron chi connectivity index (χ4n) is 4.50. The monoisotopic (exact) mass is 569 g/mol. The number of nitrogens with zero attached hydrogens (tertiary/aromatic N) is 2. The molecule has 1 heterocycles. The number of imidazole rings is 1. The maximum atomic E-state index is 13.2. The Labute approximate surface area is 241 Å². The van der Waals surface area contributed by atoms with Crippen LogP contribution < -0.4 is 10.6 Å². The Hall–Kier alpha value is -2.92. The predicted molar refractivity (Wildman–Crippen MR) is 161 cm³/mol. The summed E-state index contributed by atoms with van der Waals surface area (Å²) in [6, 6.07) is 13.7. The molecule has 0 aliphatic heterocycles. The van der Waals surface area contributed by atoms with Gasteiger partial charge in [-0.05, 0) is 40.7 Å². The van der Waals surface area contributed by atoms with Gasteiger partial charge in [0.25, 0.3) is 0 Å². The number of nitrogens with one attached hydrogen (secondary N) is 3. The molecule has 218 valence electrons. The molecule has 3 atom stereocenters. The van der Waals surface area contributed by atoms with Gasteiger partial charge in [-0.3, -0.25) is 9.63 Å². The summed E-state index contributed by atoms with van der Waals surface area (Å²) in [6.45, 7) is 5.95. The Morgan fingerprint density at radius 2 is 1.98 bits per heavy atom. The second kappa shape index (κ2) is 17.0. The molecule has 0 aliphatic rings. The average Bonchev–Trinajstić information content (AvgIpc) is 3.49. The van der Waals surface area contributed by atoms with E-state index in [1.807, 2.05) is 30.7 Å². The van der Waals surface area contributed by atoms with E-state index in [4.69, 9.17) is 9.57 Å². The number of fused-ring (bicyclic) bond motifs is 1. The molecule has 0 radical (unpaired) electrons. The van der Waals surface area contributed by atoms with Crippen LogP contribution in [0.5, 0.6) is 0 Å². The molecule has 0 bridgehead atoms. The third-order valence-electron chi connectivity index (χ3n) is 7.10. The van der Waals surface area contributed by atoms with Crippen molar-refractivity contribution in [2.75, 3.05) is 38.8 Å². The fourth-order valence-corrected chi connectivity index (χ4v) is 4.97. The summed E-state index contributed by atoms with van der Waals surface area (Å²) < 4.78 is 4.92. The molecule has 3 aromatic rings. The number of methoxy groups -OCH3 is 1. The van der Waals surface area contributed by atoms with Crippen molar-refractivity contribution in [1.29, 1.82) is 0 Å². The van der Waals surface area contributed by atoms with Gasteiger partial charge in [0.2, 0.25) is 5.91 Å². The number of hydrogen-bond acceptors (Lipinski definition) is 8. The van der Waals surface area contributed by atoms with E-state index in [9.17, 15) is 9.59 Å². The van der Waals surface area contributed by atoms with Crippen molar-refractivity contribution in [1.82, 2.24) is 25.7 Å². The minimum absolute atomic E-state index is 0.0165. The molecule has 0 fully saturated rings. The molecular weight excluding hydrogens is 526 g/mol. The number of aromatic amines is 1. The van der Waals surface area contributed by atoms with Crippen molar-refractivity contribution in [2.45, 2.75) is 51.7 Å². The number of H-pyrrole nitrogens is 1. The van der Waals surface area contributed by atoms with Gasteiger partial charge in [-0.15, -0.1) is 0 Å². The van der Waals surface area contributed by atoms with Crippen LogP contribution in [0.1, 0.15) is 37.9 Å². The number of aromatic nitrogens is 2. The second-order valence-electron chi connectivity index (χ2n) is 9.93. The smallest absolute Gasteiger partial charge is 0.328 e. The topological polar surface area (TPSA) is 109 Å². The molecule has 3 rings (SSSR count). The summed E-state index contributed by atoms with van der Waals surface area (Å²) in [7, 11) is 1.34. The minimum Gasteiger partial charge on any atom is -0.467 e. The molecule has 0 spiro atoms. The Morgan fingerprint density at radius 1 is 1.18 bits per heavy atom. The van der Waals surface area contributed by atoms with Crippen LogP contribution in [0.3, 0.4) is 0 Å². The van der Waals surface area contributed by atoms with Gasteiger partial charge in [-0.2, -0.15) is 16.8 Å². The highest BCUT2D eigenvalue weighted by Gasteiger charge is 2.24. The van der Waals surface area contributed by atoms with E-state index in [0.717, 1.165) is 47.2 Å². The van der Waals surface area contributed by atoms with Crippen LogP contribution in [0, 0.1) is 5.92 Å². The van der Waals surface area contributed by atoms with Crippen molar-refractivity contribution in [3.05, 3.63) is 66.2 Å². The van der Waals surface area contributed by atoms with Crippen LogP contribution >= 0.6 is 11.8 Å². The zero-order valence-electron chi connectivity index (χ0n) is 24.0. The lowest BCUT2D eigenvalue weighted by Gasteiger charge is -2.29. The zero-order chi connectivity index (χ0) is 28.7. The molecule has 10 heteroatoms. The third-order valence-corrected chi connectivity index (χ3v) is 7.75. The van der Waals surface area contributed by atoms with Crippen molar-refractivity contribution in [2.24, 2.45) is 5.92 Å². The van der Waals surface area contributed by atoms with E-state index in [1.165, 1.54) is 7.11 Å². The molecule has 0 aliphatic carbocycles. The number of esters is 1. The molecule has 0 unspecified atom stereocenters. The van der Waals surface area contributed by atoms with Crippen LogP contribution in [0.4, 0.5) is 0 Å². The molecule has 0 saturated heterocycles. The summed E-state index contributed by atoms with van der Waals surface area (Å²) in [6.07, 6.45) is 7.81. The van der Waals surface area contributed by atoms with Crippen LogP contribution in [0.15, 0.2) is 55.0 Å². The molecule has 1 amide bonds. The van der Waals surface area contributed by atoms with Gasteiger partial charge < -0.3 is 20.4 Å². The molecule has 0 saturated carbocycles. The van der Waals surface area contributed by atoms with Gasteiger partial charge in [0.1, 0.15) is 12.6 Å². The lowest BCUT2D eigenvalue weighted by molar-refractivity contribution is -0.180. The summed E-state index contributed by atoms with van der Waals surface area (Å²) in [5.74, 6) is 0.369. The largest absolute Gasteiger partial charge is 0.467 e. The summed E-state index contributed by atoms with van der Waals surface area (Å²) in [4.78, 5) is 39.0. The normalized spacial score (nSPS) is 13.7. The van der Waals surface area contributed by atoms with Gasteiger partial charge in [0.15, 0.2) is 0 Å². The number of ether oxygens (including phenoxy) is 1. The van der Waals surface area contributed by atoms with Gasteiger partial charge >= 0.3 is 5.97 Å². The highest BCUT2D eigenvalue weighted by Crippen LogP contribution is 2.20. The van der Waals surface area contributed by atoms with E-state index in [2.05, 4.69) is 58.7 Å². The van der Waals surface area contributed by atoms with Crippen LogP contribution in [0.2, 0.25) is 0 Å². The van der Waals surface area contributed by atoms with Gasteiger partial charge in [-0.25, -0.2) is 9.78 Å². The van der Waals surface area contributed by atoms with E-state index >= 15 is 0 Å². The standard InChI is InChI=1S/C30H43N5O4S/c1-5-22(2)28(32-15-13-25-17-31-21-33-25)20-39-35(18-24-11-8-10-23-9-6-7-12-26(23)24)19-29(36)34-27(14-16-40-4)30(37)38-3/h6-12,17,21-22,27-28,32H,5,13-16,18-20H2,1-4H3,(H,31,33)(H,34,36)/t22-,27-,28+/m0/s1. The summed E-state index contributed by atoms with van der Waals surface area (Å²) >= 11 is 1.62. The molecule has 1 aromatic heterocycles. The number of hydrogen-bond donors (Lipinski definition) is 3.